The third-order valence-electron chi connectivity index (χ3n) is 5.09. The van der Waals surface area contributed by atoms with E-state index in [2.05, 4.69) is 32.2 Å². The van der Waals surface area contributed by atoms with E-state index in [-0.39, 0.29) is 11.7 Å². The number of piperazine rings is 1. The molecule has 1 N–H and O–H groups in total. The zero-order chi connectivity index (χ0) is 20.8. The van der Waals surface area contributed by atoms with Gasteiger partial charge in [-0.15, -0.1) is 11.8 Å². The summed E-state index contributed by atoms with van der Waals surface area (Å²) < 4.78 is 14.8. The van der Waals surface area contributed by atoms with E-state index in [4.69, 9.17) is 0 Å². The number of hydrogen-bond acceptors (Lipinski definition) is 6. The summed E-state index contributed by atoms with van der Waals surface area (Å²) in [7, 11) is 0. The van der Waals surface area contributed by atoms with Gasteiger partial charge in [-0.25, -0.2) is 9.37 Å². The van der Waals surface area contributed by atoms with Crippen molar-refractivity contribution < 1.29 is 9.18 Å². The third kappa shape index (κ3) is 5.50. The van der Waals surface area contributed by atoms with Crippen LogP contribution in [0.25, 0.3) is 10.2 Å². The number of benzene rings is 2. The van der Waals surface area contributed by atoms with Gasteiger partial charge in [0, 0.05) is 56.3 Å². The van der Waals surface area contributed by atoms with Crippen molar-refractivity contribution in [2.24, 2.45) is 0 Å². The monoisotopic (exact) mass is 444 g/mol. The van der Waals surface area contributed by atoms with Crippen LogP contribution in [-0.4, -0.2) is 60.8 Å². The Morgan fingerprint density at radius 3 is 2.67 bits per heavy atom. The standard InChI is InChI=1S/C22H25FN4OS2/c23-18-7-4-8-19-21(18)25-22(30-19)27-14-12-26(13-15-27)11-10-24-20(28)9-16-29-17-5-2-1-3-6-17/h1-8H,9-16H2,(H,24,28). The molecule has 0 aliphatic carbocycles. The Hall–Kier alpha value is -2.16. The highest BCUT2D eigenvalue weighted by atomic mass is 32.2. The number of carbonyl (C=O) groups excluding carboxylic acids is 1. The summed E-state index contributed by atoms with van der Waals surface area (Å²) in [6.07, 6.45) is 0.529. The largest absolute Gasteiger partial charge is 0.355 e. The third-order valence-corrected chi connectivity index (χ3v) is 7.19. The van der Waals surface area contributed by atoms with Gasteiger partial charge in [-0.05, 0) is 24.3 Å². The molecular formula is C22H25FN4OS2. The molecule has 158 valence electrons. The molecule has 3 aromatic rings. The fourth-order valence-corrected chi connectivity index (χ4v) is 5.33. The van der Waals surface area contributed by atoms with Gasteiger partial charge in [-0.3, -0.25) is 9.69 Å². The maximum Gasteiger partial charge on any atom is 0.220 e. The van der Waals surface area contributed by atoms with E-state index in [1.807, 2.05) is 24.3 Å². The lowest BCUT2D eigenvalue weighted by molar-refractivity contribution is -0.120. The molecule has 1 fully saturated rings. The summed E-state index contributed by atoms with van der Waals surface area (Å²) >= 11 is 3.25. The van der Waals surface area contributed by atoms with Gasteiger partial charge in [0.25, 0.3) is 0 Å². The van der Waals surface area contributed by atoms with E-state index in [1.165, 1.54) is 11.0 Å². The Morgan fingerprint density at radius 2 is 1.90 bits per heavy atom. The van der Waals surface area contributed by atoms with Crippen LogP contribution in [0.15, 0.2) is 53.4 Å². The molecule has 4 rings (SSSR count). The van der Waals surface area contributed by atoms with Crippen LogP contribution >= 0.6 is 23.1 Å². The fourth-order valence-electron chi connectivity index (χ4n) is 3.42. The highest BCUT2D eigenvalue weighted by molar-refractivity contribution is 7.99. The normalized spacial score (nSPS) is 14.9. The van der Waals surface area contributed by atoms with Crippen molar-refractivity contribution in [3.8, 4) is 0 Å². The number of para-hydroxylation sites is 1. The highest BCUT2D eigenvalue weighted by Gasteiger charge is 2.20. The number of rotatable bonds is 8. The molecule has 1 aromatic heterocycles. The van der Waals surface area contributed by atoms with Gasteiger partial charge in [-0.1, -0.05) is 35.6 Å². The van der Waals surface area contributed by atoms with Gasteiger partial charge in [-0.2, -0.15) is 0 Å². The predicted octanol–water partition coefficient (Wildman–Crippen LogP) is 3.86. The zero-order valence-corrected chi connectivity index (χ0v) is 18.4. The van der Waals surface area contributed by atoms with Crippen molar-refractivity contribution >= 4 is 44.4 Å². The Labute approximate surface area is 184 Å². The number of carbonyl (C=O) groups is 1. The molecule has 0 unspecified atom stereocenters. The molecule has 0 bridgehead atoms. The minimum atomic E-state index is -0.258. The summed E-state index contributed by atoms with van der Waals surface area (Å²) in [5, 5.41) is 3.91. The summed E-state index contributed by atoms with van der Waals surface area (Å²) in [4.78, 5) is 22.3. The molecule has 5 nitrogen and oxygen atoms in total. The van der Waals surface area contributed by atoms with Crippen molar-refractivity contribution in [2.75, 3.05) is 49.9 Å². The van der Waals surface area contributed by atoms with E-state index >= 15 is 0 Å². The zero-order valence-electron chi connectivity index (χ0n) is 16.7. The molecule has 0 spiro atoms. The summed E-state index contributed by atoms with van der Waals surface area (Å²) in [5.74, 6) is 0.636. The highest BCUT2D eigenvalue weighted by Crippen LogP contribution is 2.30. The number of halogens is 1. The molecule has 0 saturated carbocycles. The van der Waals surface area contributed by atoms with Crippen LogP contribution in [0.5, 0.6) is 0 Å². The lowest BCUT2D eigenvalue weighted by Gasteiger charge is -2.34. The number of thiazole rings is 1. The van der Waals surface area contributed by atoms with Crippen molar-refractivity contribution in [3.63, 3.8) is 0 Å². The van der Waals surface area contributed by atoms with E-state index in [9.17, 15) is 9.18 Å². The molecule has 2 aromatic carbocycles. The van der Waals surface area contributed by atoms with Gasteiger partial charge in [0.1, 0.15) is 11.3 Å². The number of hydrogen-bond donors (Lipinski definition) is 1. The second kappa shape index (κ2) is 10.2. The average Bonchev–Trinajstić information content (AvgIpc) is 3.21. The summed E-state index contributed by atoms with van der Waals surface area (Å²) in [6.45, 7) is 5.07. The van der Waals surface area contributed by atoms with E-state index in [0.717, 1.165) is 48.3 Å². The molecule has 2 heterocycles. The fraction of sp³-hybridized carbons (Fsp3) is 0.364. The molecule has 0 radical (unpaired) electrons. The number of nitrogens with zero attached hydrogens (tertiary/aromatic N) is 3. The Balaban J connectivity index is 1.14. The van der Waals surface area contributed by atoms with Gasteiger partial charge in [0.15, 0.2) is 5.13 Å². The maximum absolute atomic E-state index is 13.9. The molecule has 8 heteroatoms. The molecule has 1 aliphatic heterocycles. The van der Waals surface area contributed by atoms with Crippen LogP contribution in [0.4, 0.5) is 9.52 Å². The minimum absolute atomic E-state index is 0.105. The van der Waals surface area contributed by atoms with Crippen LogP contribution in [-0.2, 0) is 4.79 Å². The smallest absolute Gasteiger partial charge is 0.220 e. The Bertz CT molecular complexity index is 974. The first-order valence-corrected chi connectivity index (χ1v) is 12.0. The number of nitrogens with one attached hydrogen (secondary N) is 1. The van der Waals surface area contributed by atoms with Gasteiger partial charge in [0.05, 0.1) is 4.70 Å². The predicted molar refractivity (Wildman–Crippen MR) is 123 cm³/mol. The first-order valence-electron chi connectivity index (χ1n) is 10.2. The van der Waals surface area contributed by atoms with Crippen LogP contribution in [0.1, 0.15) is 6.42 Å². The lowest BCUT2D eigenvalue weighted by Crippen LogP contribution is -2.48. The van der Waals surface area contributed by atoms with Gasteiger partial charge in [0.2, 0.25) is 5.91 Å². The van der Waals surface area contributed by atoms with E-state index in [1.54, 1.807) is 29.2 Å². The molecule has 1 amide bonds. The van der Waals surface area contributed by atoms with Crippen molar-refractivity contribution in [2.45, 2.75) is 11.3 Å². The topological polar surface area (TPSA) is 48.5 Å². The average molecular weight is 445 g/mol. The minimum Gasteiger partial charge on any atom is -0.355 e. The molecule has 0 atom stereocenters. The first-order chi connectivity index (χ1) is 14.7. The maximum atomic E-state index is 13.9. The van der Waals surface area contributed by atoms with Crippen molar-refractivity contribution in [3.05, 3.63) is 54.3 Å². The number of fused-ring (bicyclic) bond motifs is 1. The first kappa shape index (κ1) is 21.1. The molecular weight excluding hydrogens is 419 g/mol. The van der Waals surface area contributed by atoms with Crippen molar-refractivity contribution in [1.82, 2.24) is 15.2 Å². The summed E-state index contributed by atoms with van der Waals surface area (Å²) in [5.41, 5.74) is 0.466. The second-order valence-electron chi connectivity index (χ2n) is 7.17. The van der Waals surface area contributed by atoms with Crippen LogP contribution in [0, 0.1) is 5.82 Å². The quantitative estimate of drug-likeness (QED) is 0.535. The molecule has 30 heavy (non-hydrogen) atoms. The second-order valence-corrected chi connectivity index (χ2v) is 9.35. The number of thioether (sulfide) groups is 1. The molecule has 1 saturated heterocycles. The molecule has 1 aliphatic rings. The van der Waals surface area contributed by atoms with Crippen molar-refractivity contribution in [1.29, 1.82) is 0 Å². The van der Waals surface area contributed by atoms with Crippen LogP contribution < -0.4 is 10.2 Å². The number of anilines is 1. The van der Waals surface area contributed by atoms with Gasteiger partial charge < -0.3 is 10.2 Å². The number of aromatic nitrogens is 1. The number of amides is 1. The summed E-state index contributed by atoms with van der Waals surface area (Å²) in [6, 6.07) is 15.2. The Morgan fingerprint density at radius 1 is 1.10 bits per heavy atom. The SMILES string of the molecule is O=C(CCSc1ccccc1)NCCN1CCN(c2nc3c(F)cccc3s2)CC1. The Kier molecular flexibility index (Phi) is 7.20. The van der Waals surface area contributed by atoms with E-state index < -0.39 is 0 Å². The van der Waals surface area contributed by atoms with E-state index in [0.29, 0.717) is 18.5 Å². The van der Waals surface area contributed by atoms with Crippen LogP contribution in [0.2, 0.25) is 0 Å². The lowest BCUT2D eigenvalue weighted by atomic mass is 10.3. The van der Waals surface area contributed by atoms with Gasteiger partial charge >= 0.3 is 0 Å². The van der Waals surface area contributed by atoms with Crippen LogP contribution in [0.3, 0.4) is 0 Å².